The number of rotatable bonds is 2. The average Bonchev–Trinajstić information content (AvgIpc) is 2.34. The van der Waals surface area contributed by atoms with E-state index >= 15 is 0 Å². The van der Waals surface area contributed by atoms with Crippen LogP contribution in [0.1, 0.15) is 16.7 Å². The molecule has 0 saturated carbocycles. The van der Waals surface area contributed by atoms with E-state index in [1.807, 2.05) is 6.92 Å². The summed E-state index contributed by atoms with van der Waals surface area (Å²) in [7, 11) is -0.229. The molecular formula is C15H14F3OP. The van der Waals surface area contributed by atoms with Gasteiger partial charge in [-0.2, -0.15) is 13.2 Å². The Morgan fingerprint density at radius 3 is 2.30 bits per heavy atom. The molecule has 106 valence electrons. The summed E-state index contributed by atoms with van der Waals surface area (Å²) in [5.41, 5.74) is 0.959. The number of phenols is 1. The van der Waals surface area contributed by atoms with Gasteiger partial charge in [0.1, 0.15) is 5.75 Å². The maximum absolute atomic E-state index is 13.0. The van der Waals surface area contributed by atoms with Gasteiger partial charge < -0.3 is 5.11 Å². The molecule has 0 aromatic heterocycles. The van der Waals surface area contributed by atoms with E-state index in [4.69, 9.17) is 0 Å². The first-order valence-corrected chi connectivity index (χ1v) is 7.02. The second kappa shape index (κ2) is 5.45. The third-order valence-electron chi connectivity index (χ3n) is 2.95. The van der Waals surface area contributed by atoms with Crippen LogP contribution >= 0.6 is 8.58 Å². The van der Waals surface area contributed by atoms with Gasteiger partial charge in [-0.25, -0.2) is 0 Å². The summed E-state index contributed by atoms with van der Waals surface area (Å²) in [6.45, 7) is 3.60. The molecule has 1 N–H and O–H groups in total. The first kappa shape index (κ1) is 14.9. The highest BCUT2D eigenvalue weighted by Crippen LogP contribution is 2.32. The molecule has 0 aliphatic carbocycles. The van der Waals surface area contributed by atoms with Gasteiger partial charge in [-0.05, 0) is 42.4 Å². The Hall–Kier alpha value is -1.54. The van der Waals surface area contributed by atoms with Crippen molar-refractivity contribution in [3.05, 3.63) is 53.1 Å². The van der Waals surface area contributed by atoms with Crippen molar-refractivity contribution in [2.24, 2.45) is 0 Å². The van der Waals surface area contributed by atoms with Crippen LogP contribution in [0.2, 0.25) is 0 Å². The quantitative estimate of drug-likeness (QED) is 0.839. The average molecular weight is 298 g/mol. The lowest BCUT2D eigenvalue weighted by Gasteiger charge is -2.14. The molecule has 0 bridgehead atoms. The van der Waals surface area contributed by atoms with Crippen molar-refractivity contribution < 1.29 is 18.3 Å². The lowest BCUT2D eigenvalue weighted by Crippen LogP contribution is -2.18. The molecule has 2 aromatic carbocycles. The van der Waals surface area contributed by atoms with Gasteiger partial charge in [-0.15, -0.1) is 0 Å². The van der Waals surface area contributed by atoms with Gasteiger partial charge in [0.2, 0.25) is 0 Å². The summed E-state index contributed by atoms with van der Waals surface area (Å²) in [5.74, 6) is 0.0749. The van der Waals surface area contributed by atoms with Crippen LogP contribution in [0, 0.1) is 13.8 Å². The number of aromatic hydroxyl groups is 1. The zero-order chi connectivity index (χ0) is 14.9. The summed E-state index contributed by atoms with van der Waals surface area (Å²) in [6, 6.07) is 9.02. The zero-order valence-electron chi connectivity index (χ0n) is 11.0. The summed E-state index contributed by atoms with van der Waals surface area (Å²) in [6.07, 6.45) is -4.38. The van der Waals surface area contributed by atoms with E-state index in [1.54, 1.807) is 25.1 Å². The standard InChI is InChI=1S/C15H14F3OP/c1-9-7-10(2)14(19)13(8-9)20-12-6-4-3-5-11(12)15(16,17)18/h3-8,19-20H,1-2H3. The molecule has 20 heavy (non-hydrogen) atoms. The van der Waals surface area contributed by atoms with Gasteiger partial charge in [-0.3, -0.25) is 0 Å². The van der Waals surface area contributed by atoms with Gasteiger partial charge >= 0.3 is 6.18 Å². The van der Waals surface area contributed by atoms with Crippen LogP contribution in [-0.4, -0.2) is 5.11 Å². The normalized spacial score (nSPS) is 12.2. The summed E-state index contributed by atoms with van der Waals surface area (Å²) in [4.78, 5) is 0. The molecule has 1 nitrogen and oxygen atoms in total. The molecule has 2 aromatic rings. The van der Waals surface area contributed by atoms with Gasteiger partial charge in [0, 0.05) is 5.30 Å². The fourth-order valence-corrected chi connectivity index (χ4v) is 3.48. The Labute approximate surface area is 117 Å². The maximum Gasteiger partial charge on any atom is 0.417 e. The topological polar surface area (TPSA) is 20.2 Å². The minimum absolute atomic E-state index is 0.0749. The fourth-order valence-electron chi connectivity index (χ4n) is 2.04. The van der Waals surface area contributed by atoms with E-state index in [1.165, 1.54) is 12.1 Å². The molecular weight excluding hydrogens is 284 g/mol. The number of aryl methyl sites for hydroxylation is 2. The van der Waals surface area contributed by atoms with Crippen molar-refractivity contribution in [1.29, 1.82) is 0 Å². The van der Waals surface area contributed by atoms with Gasteiger partial charge in [0.15, 0.2) is 0 Å². The number of alkyl halides is 3. The van der Waals surface area contributed by atoms with Gasteiger partial charge in [-0.1, -0.05) is 32.8 Å². The van der Waals surface area contributed by atoms with E-state index in [0.29, 0.717) is 10.9 Å². The van der Waals surface area contributed by atoms with Crippen LogP contribution in [0.5, 0.6) is 5.75 Å². The second-order valence-electron chi connectivity index (χ2n) is 4.65. The number of phenolic OH excluding ortho intramolecular Hbond substituents is 1. The molecule has 1 unspecified atom stereocenters. The van der Waals surface area contributed by atoms with Crippen LogP contribution in [-0.2, 0) is 6.18 Å². The number of halogens is 3. The molecule has 0 fully saturated rings. The van der Waals surface area contributed by atoms with E-state index in [0.717, 1.165) is 11.6 Å². The SMILES string of the molecule is Cc1cc(C)c(O)c(Pc2ccccc2C(F)(F)F)c1. The highest BCUT2D eigenvalue weighted by atomic mass is 31.1. The molecule has 0 heterocycles. The molecule has 0 saturated heterocycles. The Kier molecular flexibility index (Phi) is 4.05. The third-order valence-corrected chi connectivity index (χ3v) is 4.30. The zero-order valence-corrected chi connectivity index (χ0v) is 12.0. The minimum Gasteiger partial charge on any atom is -0.507 e. The summed E-state index contributed by atoms with van der Waals surface area (Å²) >= 11 is 0. The van der Waals surface area contributed by atoms with E-state index in [9.17, 15) is 18.3 Å². The van der Waals surface area contributed by atoms with Crippen molar-refractivity contribution in [1.82, 2.24) is 0 Å². The van der Waals surface area contributed by atoms with E-state index < -0.39 is 11.7 Å². The van der Waals surface area contributed by atoms with Crippen molar-refractivity contribution in [2.75, 3.05) is 0 Å². The lowest BCUT2D eigenvalue weighted by atomic mass is 10.1. The number of hydrogen-bond donors (Lipinski definition) is 1. The number of benzene rings is 2. The molecule has 0 spiro atoms. The molecule has 0 aliphatic rings. The minimum atomic E-state index is -4.38. The molecule has 0 aliphatic heterocycles. The van der Waals surface area contributed by atoms with Crippen LogP contribution in [0.3, 0.4) is 0 Å². The number of hydrogen-bond acceptors (Lipinski definition) is 1. The third kappa shape index (κ3) is 3.13. The highest BCUT2D eigenvalue weighted by molar-refractivity contribution is 7.55. The fraction of sp³-hybridized carbons (Fsp3) is 0.200. The van der Waals surface area contributed by atoms with Crippen molar-refractivity contribution >= 4 is 19.2 Å². The van der Waals surface area contributed by atoms with Gasteiger partial charge in [0.05, 0.1) is 5.56 Å². The van der Waals surface area contributed by atoms with Gasteiger partial charge in [0.25, 0.3) is 0 Å². The molecule has 1 atom stereocenters. The highest BCUT2D eigenvalue weighted by Gasteiger charge is 2.33. The summed E-state index contributed by atoms with van der Waals surface area (Å²) < 4.78 is 38.9. The predicted molar refractivity (Wildman–Crippen MR) is 76.6 cm³/mol. The lowest BCUT2D eigenvalue weighted by molar-refractivity contribution is -0.136. The molecule has 0 radical (unpaired) electrons. The van der Waals surface area contributed by atoms with Crippen molar-refractivity contribution in [3.63, 3.8) is 0 Å². The first-order valence-electron chi connectivity index (χ1n) is 6.02. The van der Waals surface area contributed by atoms with E-state index in [2.05, 4.69) is 0 Å². The van der Waals surface area contributed by atoms with Crippen LogP contribution in [0.25, 0.3) is 0 Å². The monoisotopic (exact) mass is 298 g/mol. The Balaban J connectivity index is 2.46. The molecule has 0 amide bonds. The Bertz CT molecular complexity index is 636. The van der Waals surface area contributed by atoms with Crippen LogP contribution in [0.4, 0.5) is 13.2 Å². The van der Waals surface area contributed by atoms with Crippen molar-refractivity contribution in [2.45, 2.75) is 20.0 Å². The van der Waals surface area contributed by atoms with E-state index in [-0.39, 0.29) is 19.6 Å². The molecule has 5 heteroatoms. The molecule has 2 rings (SSSR count). The Morgan fingerprint density at radius 1 is 1.00 bits per heavy atom. The summed E-state index contributed by atoms with van der Waals surface area (Å²) in [5, 5.41) is 10.7. The van der Waals surface area contributed by atoms with Crippen molar-refractivity contribution in [3.8, 4) is 5.75 Å². The second-order valence-corrected chi connectivity index (χ2v) is 5.97. The van der Waals surface area contributed by atoms with Crippen LogP contribution < -0.4 is 10.6 Å². The smallest absolute Gasteiger partial charge is 0.417 e. The maximum atomic E-state index is 13.0. The Morgan fingerprint density at radius 2 is 1.65 bits per heavy atom. The van der Waals surface area contributed by atoms with Crippen LogP contribution in [0.15, 0.2) is 36.4 Å². The predicted octanol–water partition coefficient (Wildman–Crippen LogP) is 3.66. The largest absolute Gasteiger partial charge is 0.507 e. The first-order chi connectivity index (χ1) is 9.29.